The molecule has 0 spiro atoms. The minimum absolute atomic E-state index is 0.133. The fraction of sp³-hybridized carbons (Fsp3) is 0.333. The Morgan fingerprint density at radius 3 is 2.90 bits per heavy atom. The van der Waals surface area contributed by atoms with Gasteiger partial charge in [-0.2, -0.15) is 0 Å². The number of hydrogen-bond acceptors (Lipinski definition) is 7. The van der Waals surface area contributed by atoms with Crippen LogP contribution in [0.4, 0.5) is 0 Å². The average molecular weight is 426 g/mol. The van der Waals surface area contributed by atoms with Gasteiger partial charge in [-0.05, 0) is 18.4 Å². The molecule has 1 aliphatic rings. The monoisotopic (exact) mass is 426 g/mol. The zero-order chi connectivity index (χ0) is 21.1. The van der Waals surface area contributed by atoms with E-state index in [1.807, 2.05) is 31.2 Å². The summed E-state index contributed by atoms with van der Waals surface area (Å²) >= 11 is 1.38. The van der Waals surface area contributed by atoms with E-state index in [9.17, 15) is 9.59 Å². The number of morpholine rings is 1. The van der Waals surface area contributed by atoms with Crippen LogP contribution in [0.1, 0.15) is 37.5 Å². The summed E-state index contributed by atoms with van der Waals surface area (Å²) in [5.74, 6) is -0.460. The molecule has 0 radical (unpaired) electrons. The zero-order valence-electron chi connectivity index (χ0n) is 16.5. The second-order valence-electron chi connectivity index (χ2n) is 6.97. The van der Waals surface area contributed by atoms with Gasteiger partial charge in [0, 0.05) is 29.5 Å². The van der Waals surface area contributed by atoms with Crippen LogP contribution in [0.5, 0.6) is 0 Å². The summed E-state index contributed by atoms with van der Waals surface area (Å²) in [6, 6.07) is 7.76. The van der Waals surface area contributed by atoms with Crippen molar-refractivity contribution in [2.45, 2.75) is 13.0 Å². The second-order valence-corrected chi connectivity index (χ2v) is 8.03. The van der Waals surface area contributed by atoms with Crippen molar-refractivity contribution in [2.24, 2.45) is 0 Å². The van der Waals surface area contributed by atoms with Gasteiger partial charge >= 0.3 is 0 Å². The number of thiophene rings is 1. The van der Waals surface area contributed by atoms with Gasteiger partial charge in [-0.25, -0.2) is 4.98 Å². The van der Waals surface area contributed by atoms with Crippen molar-refractivity contribution in [3.8, 4) is 0 Å². The van der Waals surface area contributed by atoms with Crippen molar-refractivity contribution in [2.75, 3.05) is 32.8 Å². The smallest absolute Gasteiger partial charge is 0.274 e. The highest BCUT2D eigenvalue weighted by molar-refractivity contribution is 7.21. The molecule has 156 valence electrons. The Bertz CT molecular complexity index is 1070. The van der Waals surface area contributed by atoms with Gasteiger partial charge in [-0.3, -0.25) is 14.6 Å². The third kappa shape index (κ3) is 4.04. The molecule has 3 aromatic rings. The number of fused-ring (bicyclic) bond motifs is 1. The van der Waals surface area contributed by atoms with Crippen LogP contribution in [0.15, 0.2) is 36.7 Å². The van der Waals surface area contributed by atoms with Gasteiger partial charge in [0.1, 0.15) is 11.8 Å². The minimum atomic E-state index is -0.438. The summed E-state index contributed by atoms with van der Waals surface area (Å²) < 4.78 is 6.98. The molecule has 0 aliphatic carbocycles. The van der Waals surface area contributed by atoms with Crippen LogP contribution in [-0.2, 0) is 4.74 Å². The number of amides is 2. The second kappa shape index (κ2) is 8.86. The predicted octanol–water partition coefficient (Wildman–Crippen LogP) is 1.94. The predicted molar refractivity (Wildman–Crippen MR) is 113 cm³/mol. The number of aryl methyl sites for hydroxylation is 1. The van der Waals surface area contributed by atoms with Crippen molar-refractivity contribution < 1.29 is 19.4 Å². The van der Waals surface area contributed by atoms with E-state index in [-0.39, 0.29) is 30.7 Å². The van der Waals surface area contributed by atoms with Crippen LogP contribution >= 0.6 is 11.3 Å². The summed E-state index contributed by atoms with van der Waals surface area (Å²) in [5.41, 5.74) is 1.81. The lowest BCUT2D eigenvalue weighted by molar-refractivity contribution is -0.0224. The molecule has 2 amide bonds. The summed E-state index contributed by atoms with van der Waals surface area (Å²) in [7, 11) is 0. The van der Waals surface area contributed by atoms with E-state index in [1.165, 1.54) is 17.5 Å². The molecule has 4 rings (SSSR count). The highest BCUT2D eigenvalue weighted by Crippen LogP contribution is 2.38. The van der Waals surface area contributed by atoms with Gasteiger partial charge < -0.3 is 20.1 Å². The molecule has 9 heteroatoms. The van der Waals surface area contributed by atoms with Crippen LogP contribution in [0, 0.1) is 6.92 Å². The van der Waals surface area contributed by atoms with Crippen molar-refractivity contribution in [1.29, 1.82) is 0 Å². The number of nitrogens with zero attached hydrogens (tertiary/aromatic N) is 3. The number of rotatable bonds is 5. The Kier molecular flexibility index (Phi) is 6.03. The number of carbonyl (C=O) groups is 2. The number of aromatic nitrogens is 2. The number of benzene rings is 1. The normalized spacial score (nSPS) is 16.6. The van der Waals surface area contributed by atoms with E-state index < -0.39 is 6.10 Å². The minimum Gasteiger partial charge on any atom is -0.395 e. The lowest BCUT2D eigenvalue weighted by atomic mass is 10.0. The molecule has 0 bridgehead atoms. The molecular weight excluding hydrogens is 404 g/mol. The van der Waals surface area contributed by atoms with Crippen molar-refractivity contribution in [3.63, 3.8) is 0 Å². The molecule has 1 unspecified atom stereocenters. The van der Waals surface area contributed by atoms with Crippen LogP contribution in [0.2, 0.25) is 0 Å². The van der Waals surface area contributed by atoms with E-state index >= 15 is 0 Å². The first-order chi connectivity index (χ1) is 14.6. The Morgan fingerprint density at radius 1 is 1.30 bits per heavy atom. The maximum atomic E-state index is 12.9. The number of aliphatic hydroxyl groups excluding tert-OH is 1. The van der Waals surface area contributed by atoms with Gasteiger partial charge in [-0.1, -0.05) is 18.2 Å². The fourth-order valence-corrected chi connectivity index (χ4v) is 4.65. The number of aliphatic hydroxyl groups is 1. The van der Waals surface area contributed by atoms with Gasteiger partial charge in [-0.15, -0.1) is 11.3 Å². The first-order valence-electron chi connectivity index (χ1n) is 9.68. The molecule has 1 aliphatic heterocycles. The van der Waals surface area contributed by atoms with Crippen molar-refractivity contribution >= 4 is 33.2 Å². The lowest BCUT2D eigenvalue weighted by Gasteiger charge is -2.33. The quantitative estimate of drug-likeness (QED) is 0.646. The number of hydrogen-bond donors (Lipinski definition) is 2. The number of nitrogens with one attached hydrogen (secondary N) is 1. The van der Waals surface area contributed by atoms with Crippen LogP contribution < -0.4 is 5.32 Å². The van der Waals surface area contributed by atoms with Gasteiger partial charge in [0.05, 0.1) is 36.5 Å². The third-order valence-electron chi connectivity index (χ3n) is 4.91. The summed E-state index contributed by atoms with van der Waals surface area (Å²) in [6.07, 6.45) is 2.61. The van der Waals surface area contributed by atoms with Gasteiger partial charge in [0.25, 0.3) is 11.8 Å². The molecule has 2 aromatic heterocycles. The summed E-state index contributed by atoms with van der Waals surface area (Å²) in [4.78, 5) is 36.2. The molecule has 2 N–H and O–H groups in total. The van der Waals surface area contributed by atoms with E-state index in [0.717, 1.165) is 21.3 Å². The lowest BCUT2D eigenvalue weighted by Crippen LogP contribution is -2.43. The number of carbonyl (C=O) groups excluding carboxylic acids is 2. The highest BCUT2D eigenvalue weighted by Gasteiger charge is 2.32. The van der Waals surface area contributed by atoms with Crippen molar-refractivity contribution in [1.82, 2.24) is 20.2 Å². The van der Waals surface area contributed by atoms with E-state index in [0.29, 0.717) is 24.6 Å². The first-order valence-corrected chi connectivity index (χ1v) is 10.5. The molecule has 3 heterocycles. The van der Waals surface area contributed by atoms with Crippen molar-refractivity contribution in [3.05, 3.63) is 58.5 Å². The molecule has 8 nitrogen and oxygen atoms in total. The van der Waals surface area contributed by atoms with E-state index in [2.05, 4.69) is 15.3 Å². The average Bonchev–Trinajstić information content (AvgIpc) is 3.17. The SMILES string of the molecule is Cc1cnc(C(=O)N2CCOC(c3c(C(=O)NCCO)sc4ccccc34)C2)cn1. The van der Waals surface area contributed by atoms with Gasteiger partial charge in [0.2, 0.25) is 0 Å². The molecule has 1 saturated heterocycles. The Hall–Kier alpha value is -2.88. The number of ether oxygens (including phenoxy) is 1. The maximum absolute atomic E-state index is 12.9. The molecule has 30 heavy (non-hydrogen) atoms. The Labute approximate surface area is 177 Å². The summed E-state index contributed by atoms with van der Waals surface area (Å²) in [5, 5.41) is 12.7. The Morgan fingerprint density at radius 2 is 2.13 bits per heavy atom. The molecular formula is C21H22N4O4S. The van der Waals surface area contributed by atoms with Gasteiger partial charge in [0.15, 0.2) is 0 Å². The zero-order valence-corrected chi connectivity index (χ0v) is 17.3. The largest absolute Gasteiger partial charge is 0.395 e. The third-order valence-corrected chi connectivity index (χ3v) is 6.10. The standard InChI is InChI=1S/C21H22N4O4S/c1-13-10-24-15(11-23-13)21(28)25-7-9-29-16(12-25)18-14-4-2-3-5-17(14)30-19(18)20(27)22-6-8-26/h2-5,10-11,16,26H,6-9,12H2,1H3,(H,22,27). The maximum Gasteiger partial charge on any atom is 0.274 e. The Balaban J connectivity index is 1.65. The van der Waals surface area contributed by atoms with Crippen LogP contribution in [0.3, 0.4) is 0 Å². The summed E-state index contributed by atoms with van der Waals surface area (Å²) in [6.45, 7) is 2.98. The van der Waals surface area contributed by atoms with Crippen LogP contribution in [-0.4, -0.2) is 64.6 Å². The molecule has 1 fully saturated rings. The molecule has 1 atom stereocenters. The molecule has 0 saturated carbocycles. The fourth-order valence-electron chi connectivity index (χ4n) is 3.48. The molecule has 1 aromatic carbocycles. The van der Waals surface area contributed by atoms with Crippen LogP contribution in [0.25, 0.3) is 10.1 Å². The van der Waals surface area contributed by atoms with E-state index in [4.69, 9.17) is 9.84 Å². The van der Waals surface area contributed by atoms with E-state index in [1.54, 1.807) is 11.1 Å². The topological polar surface area (TPSA) is 105 Å². The highest BCUT2D eigenvalue weighted by atomic mass is 32.1. The first kappa shape index (κ1) is 20.4.